The van der Waals surface area contributed by atoms with E-state index in [4.69, 9.17) is 5.73 Å². The summed E-state index contributed by atoms with van der Waals surface area (Å²) in [5.74, 6) is -0.759. The largest absolute Gasteiger partial charge is 0.396 e. The Hall–Kier alpha value is -1.18. The first-order chi connectivity index (χ1) is 8.72. The van der Waals surface area contributed by atoms with Crippen molar-refractivity contribution >= 4 is 15.7 Å². The summed E-state index contributed by atoms with van der Waals surface area (Å²) < 4.78 is 39.2. The summed E-state index contributed by atoms with van der Waals surface area (Å²) in [6.07, 6.45) is 1.12. The highest BCUT2D eigenvalue weighted by atomic mass is 32.2. The van der Waals surface area contributed by atoms with Gasteiger partial charge in [-0.05, 0) is 38.0 Å². The molecule has 0 saturated carbocycles. The molecule has 3 N–H and O–H groups in total. The monoisotopic (exact) mass is 288 g/mol. The minimum absolute atomic E-state index is 0.0152. The number of piperidine rings is 1. The maximum atomic E-state index is 13.4. The number of sulfonamides is 1. The number of nitrogen functional groups attached to an aromatic ring is 1. The van der Waals surface area contributed by atoms with Crippen LogP contribution in [0.3, 0.4) is 0 Å². The molecule has 1 aliphatic rings. The summed E-state index contributed by atoms with van der Waals surface area (Å²) in [4.78, 5) is -0.142. The Morgan fingerprint density at radius 2 is 2.16 bits per heavy atom. The Bertz CT molecular complexity index is 587. The lowest BCUT2D eigenvalue weighted by Gasteiger charge is -2.35. The number of hydrogen-bond donors (Lipinski definition) is 2. The van der Waals surface area contributed by atoms with Crippen LogP contribution in [-0.4, -0.2) is 36.5 Å². The van der Waals surface area contributed by atoms with Crippen molar-refractivity contribution in [2.45, 2.75) is 30.3 Å². The molecule has 0 bridgehead atoms. The minimum atomic E-state index is -3.79. The van der Waals surface area contributed by atoms with E-state index in [1.165, 1.54) is 16.4 Å². The third-order valence-electron chi connectivity index (χ3n) is 3.25. The van der Waals surface area contributed by atoms with E-state index in [1.807, 2.05) is 0 Å². The maximum absolute atomic E-state index is 13.4. The first-order valence-electron chi connectivity index (χ1n) is 6.00. The molecule has 0 radical (unpaired) electrons. The fourth-order valence-electron chi connectivity index (χ4n) is 2.20. The normalized spacial score (nSPS) is 25.4. The van der Waals surface area contributed by atoms with E-state index in [9.17, 15) is 17.9 Å². The van der Waals surface area contributed by atoms with Gasteiger partial charge < -0.3 is 10.8 Å². The fraction of sp³-hybridized carbons (Fsp3) is 0.500. The number of β-amino-alcohol motifs (C(OH)–C–C–N with tert-alkyl or cyclic N) is 1. The van der Waals surface area contributed by atoms with Crippen molar-refractivity contribution in [3.05, 3.63) is 24.0 Å². The van der Waals surface area contributed by atoms with Crippen molar-refractivity contribution in [3.63, 3.8) is 0 Å². The minimum Gasteiger partial charge on any atom is -0.396 e. The Morgan fingerprint density at radius 1 is 1.47 bits per heavy atom. The van der Waals surface area contributed by atoms with Crippen molar-refractivity contribution < 1.29 is 17.9 Å². The molecule has 0 amide bonds. The van der Waals surface area contributed by atoms with Crippen LogP contribution >= 0.6 is 0 Å². The number of rotatable bonds is 2. The van der Waals surface area contributed by atoms with Gasteiger partial charge in [0, 0.05) is 13.1 Å². The molecule has 5 nitrogen and oxygen atoms in total. The van der Waals surface area contributed by atoms with Crippen molar-refractivity contribution in [1.29, 1.82) is 0 Å². The van der Waals surface area contributed by atoms with Gasteiger partial charge in [0.05, 0.1) is 16.2 Å². The number of nitrogens with zero attached hydrogens (tertiary/aromatic N) is 1. The van der Waals surface area contributed by atoms with Crippen LogP contribution in [0.25, 0.3) is 0 Å². The zero-order valence-corrected chi connectivity index (χ0v) is 11.5. The molecule has 1 fully saturated rings. The SMILES string of the molecule is CC1(O)CCCN(S(=O)(=O)c2ccc(N)c(F)c2)C1. The molecule has 0 spiro atoms. The summed E-state index contributed by atoms with van der Waals surface area (Å²) in [6, 6.07) is 3.41. The summed E-state index contributed by atoms with van der Waals surface area (Å²) in [5.41, 5.74) is 4.19. The quantitative estimate of drug-likeness (QED) is 0.793. The molecule has 106 valence electrons. The fourth-order valence-corrected chi connectivity index (χ4v) is 3.80. The first kappa shape index (κ1) is 14.2. The molecule has 0 aliphatic carbocycles. The smallest absolute Gasteiger partial charge is 0.243 e. The first-order valence-corrected chi connectivity index (χ1v) is 7.44. The van der Waals surface area contributed by atoms with E-state index in [0.717, 1.165) is 6.07 Å². The van der Waals surface area contributed by atoms with Gasteiger partial charge in [-0.2, -0.15) is 4.31 Å². The molecule has 1 aromatic rings. The molecule has 1 heterocycles. The zero-order valence-electron chi connectivity index (χ0n) is 10.6. The van der Waals surface area contributed by atoms with Gasteiger partial charge in [-0.15, -0.1) is 0 Å². The average molecular weight is 288 g/mol. The number of hydrogen-bond acceptors (Lipinski definition) is 4. The van der Waals surface area contributed by atoms with Crippen molar-refractivity contribution in [1.82, 2.24) is 4.31 Å². The van der Waals surface area contributed by atoms with Crippen LogP contribution in [0.2, 0.25) is 0 Å². The Kier molecular flexibility index (Phi) is 3.55. The molecule has 1 unspecified atom stereocenters. The van der Waals surface area contributed by atoms with Crippen LogP contribution in [0.15, 0.2) is 23.1 Å². The molecule has 19 heavy (non-hydrogen) atoms. The van der Waals surface area contributed by atoms with Crippen LogP contribution in [0.5, 0.6) is 0 Å². The number of nitrogens with two attached hydrogens (primary N) is 1. The topological polar surface area (TPSA) is 83.6 Å². The van der Waals surface area contributed by atoms with Crippen molar-refractivity contribution in [2.75, 3.05) is 18.8 Å². The number of benzene rings is 1. The lowest BCUT2D eigenvalue weighted by molar-refractivity contribution is 0.00940. The van der Waals surface area contributed by atoms with Gasteiger partial charge in [-0.1, -0.05) is 0 Å². The third kappa shape index (κ3) is 2.88. The Labute approximate surface area is 111 Å². The van der Waals surface area contributed by atoms with Gasteiger partial charge in [0.15, 0.2) is 0 Å². The second kappa shape index (κ2) is 4.73. The van der Waals surface area contributed by atoms with E-state index in [0.29, 0.717) is 19.4 Å². The summed E-state index contributed by atoms with van der Waals surface area (Å²) >= 11 is 0. The summed E-state index contributed by atoms with van der Waals surface area (Å²) in [7, 11) is -3.79. The van der Waals surface area contributed by atoms with Crippen LogP contribution in [0, 0.1) is 5.82 Å². The Balaban J connectivity index is 2.34. The molecular weight excluding hydrogens is 271 g/mol. The van der Waals surface area contributed by atoms with Gasteiger partial charge in [0.25, 0.3) is 0 Å². The van der Waals surface area contributed by atoms with Gasteiger partial charge in [-0.25, -0.2) is 12.8 Å². The van der Waals surface area contributed by atoms with E-state index in [1.54, 1.807) is 6.92 Å². The van der Waals surface area contributed by atoms with Crippen LogP contribution < -0.4 is 5.73 Å². The second-order valence-electron chi connectivity index (χ2n) is 5.12. The van der Waals surface area contributed by atoms with E-state index >= 15 is 0 Å². The highest BCUT2D eigenvalue weighted by molar-refractivity contribution is 7.89. The second-order valence-corrected chi connectivity index (χ2v) is 7.06. The highest BCUT2D eigenvalue weighted by Crippen LogP contribution is 2.27. The van der Waals surface area contributed by atoms with E-state index in [-0.39, 0.29) is 17.1 Å². The van der Waals surface area contributed by atoms with Gasteiger partial charge in [0.2, 0.25) is 10.0 Å². The predicted octanol–water partition coefficient (Wildman–Crippen LogP) is 0.943. The van der Waals surface area contributed by atoms with E-state index in [2.05, 4.69) is 0 Å². The van der Waals surface area contributed by atoms with Crippen LogP contribution in [-0.2, 0) is 10.0 Å². The van der Waals surface area contributed by atoms with Crippen molar-refractivity contribution in [3.8, 4) is 0 Å². The molecule has 1 aliphatic heterocycles. The summed E-state index contributed by atoms with van der Waals surface area (Å²) in [6.45, 7) is 1.93. The lowest BCUT2D eigenvalue weighted by atomic mass is 9.97. The standard InChI is InChI=1S/C12H17FN2O3S/c1-12(16)5-2-6-15(8-12)19(17,18)9-3-4-11(14)10(13)7-9/h3-4,7,16H,2,5-6,8,14H2,1H3. The molecular formula is C12H17FN2O3S. The Morgan fingerprint density at radius 3 is 2.74 bits per heavy atom. The number of anilines is 1. The third-order valence-corrected chi connectivity index (χ3v) is 5.09. The van der Waals surface area contributed by atoms with Crippen LogP contribution in [0.4, 0.5) is 10.1 Å². The molecule has 1 aromatic carbocycles. The molecule has 2 rings (SSSR count). The highest BCUT2D eigenvalue weighted by Gasteiger charge is 2.35. The molecule has 1 atom stereocenters. The van der Waals surface area contributed by atoms with Crippen LogP contribution in [0.1, 0.15) is 19.8 Å². The molecule has 1 saturated heterocycles. The lowest BCUT2D eigenvalue weighted by Crippen LogP contribution is -2.48. The zero-order chi connectivity index (χ0) is 14.3. The number of aliphatic hydroxyl groups is 1. The average Bonchev–Trinajstić information content (AvgIpc) is 2.31. The van der Waals surface area contributed by atoms with Gasteiger partial charge in [0.1, 0.15) is 5.82 Å². The van der Waals surface area contributed by atoms with Crippen molar-refractivity contribution in [2.24, 2.45) is 0 Å². The van der Waals surface area contributed by atoms with E-state index < -0.39 is 21.4 Å². The maximum Gasteiger partial charge on any atom is 0.243 e. The van der Waals surface area contributed by atoms with Gasteiger partial charge in [-0.3, -0.25) is 0 Å². The van der Waals surface area contributed by atoms with Gasteiger partial charge >= 0.3 is 0 Å². The molecule has 7 heteroatoms. The number of halogens is 1. The molecule has 0 aromatic heterocycles. The predicted molar refractivity (Wildman–Crippen MR) is 69.4 cm³/mol. The summed E-state index contributed by atoms with van der Waals surface area (Å²) in [5, 5.41) is 9.95.